The molecular weight excluding hydrogens is 380 g/mol. The van der Waals surface area contributed by atoms with Gasteiger partial charge in [-0.15, -0.1) is 0 Å². The molecule has 3 N–H and O–H groups in total. The summed E-state index contributed by atoms with van der Waals surface area (Å²) in [6.45, 7) is 3.76. The Kier molecular flexibility index (Phi) is 5.88. The summed E-state index contributed by atoms with van der Waals surface area (Å²) in [5.41, 5.74) is -0.816. The molecule has 26 heavy (non-hydrogen) atoms. The van der Waals surface area contributed by atoms with Gasteiger partial charge >= 0.3 is 11.9 Å². The highest BCUT2D eigenvalue weighted by molar-refractivity contribution is 8.17. The van der Waals surface area contributed by atoms with Gasteiger partial charge in [-0.2, -0.15) is 0 Å². The zero-order valence-corrected chi connectivity index (χ0v) is 15.5. The second-order valence-electron chi connectivity index (χ2n) is 5.25. The number of anilines is 1. The van der Waals surface area contributed by atoms with Crippen LogP contribution in [0.1, 0.15) is 34.6 Å². The third-order valence-electron chi connectivity index (χ3n) is 3.31. The molecule has 0 amide bonds. The maximum absolute atomic E-state index is 12.6. The highest BCUT2D eigenvalue weighted by atomic mass is 32.2. The van der Waals surface area contributed by atoms with Gasteiger partial charge in [-0.3, -0.25) is 9.71 Å². The fourth-order valence-electron chi connectivity index (χ4n) is 2.14. The lowest BCUT2D eigenvalue weighted by atomic mass is 10.1. The number of carbonyl (C=O) groups is 2. The SMILES string of the molecule is C/C=C(\C=C1/CN=C(C)S1)S(=O)(=O)Nc1cc(C(=O)O)cc(C(=O)O)c1. The maximum atomic E-state index is 12.6. The molecule has 0 spiro atoms. The molecule has 0 fully saturated rings. The second kappa shape index (κ2) is 7.75. The highest BCUT2D eigenvalue weighted by Crippen LogP contribution is 2.28. The van der Waals surface area contributed by atoms with Gasteiger partial charge in [-0.25, -0.2) is 18.0 Å². The molecule has 1 aromatic rings. The van der Waals surface area contributed by atoms with Crippen molar-refractivity contribution in [1.29, 1.82) is 0 Å². The summed E-state index contributed by atoms with van der Waals surface area (Å²) in [6.07, 6.45) is 2.87. The first-order valence-corrected chi connectivity index (χ1v) is 9.62. The average molecular weight is 396 g/mol. The van der Waals surface area contributed by atoms with E-state index >= 15 is 0 Å². The van der Waals surface area contributed by atoms with Crippen LogP contribution in [0.4, 0.5) is 5.69 Å². The molecule has 0 unspecified atom stereocenters. The van der Waals surface area contributed by atoms with Gasteiger partial charge in [0.15, 0.2) is 0 Å². The number of carboxylic acid groups (broad SMARTS) is 2. The molecule has 0 saturated carbocycles. The van der Waals surface area contributed by atoms with Crippen molar-refractivity contribution in [1.82, 2.24) is 0 Å². The summed E-state index contributed by atoms with van der Waals surface area (Å²) in [4.78, 5) is 27.2. The molecular formula is C16H16N2O6S2. The Morgan fingerprint density at radius 1 is 1.19 bits per heavy atom. The van der Waals surface area contributed by atoms with Gasteiger partial charge in [0, 0.05) is 4.91 Å². The van der Waals surface area contributed by atoms with Crippen LogP contribution in [0.3, 0.4) is 0 Å². The second-order valence-corrected chi connectivity index (χ2v) is 8.26. The Morgan fingerprint density at radius 2 is 1.77 bits per heavy atom. The van der Waals surface area contributed by atoms with Crippen molar-refractivity contribution in [3.63, 3.8) is 0 Å². The first-order valence-electron chi connectivity index (χ1n) is 7.32. The molecule has 8 nitrogen and oxygen atoms in total. The summed E-state index contributed by atoms with van der Waals surface area (Å²) in [5.74, 6) is -2.73. The number of sulfonamides is 1. The molecule has 0 saturated heterocycles. The minimum atomic E-state index is -4.03. The van der Waals surface area contributed by atoms with Crippen LogP contribution in [-0.4, -0.2) is 42.2 Å². The van der Waals surface area contributed by atoms with Gasteiger partial charge in [-0.05, 0) is 38.1 Å². The summed E-state index contributed by atoms with van der Waals surface area (Å²) in [7, 11) is -4.03. The Bertz CT molecular complexity index is 929. The summed E-state index contributed by atoms with van der Waals surface area (Å²) < 4.78 is 27.4. The number of aromatic carboxylic acids is 2. The van der Waals surface area contributed by atoms with Crippen molar-refractivity contribution in [2.24, 2.45) is 4.99 Å². The van der Waals surface area contributed by atoms with E-state index in [0.717, 1.165) is 28.1 Å². The normalized spacial score (nSPS) is 16.5. The van der Waals surface area contributed by atoms with Gasteiger partial charge in [0.25, 0.3) is 10.0 Å². The van der Waals surface area contributed by atoms with Crippen LogP contribution < -0.4 is 4.72 Å². The summed E-state index contributed by atoms with van der Waals surface area (Å²) in [6, 6.07) is 3.07. The van der Waals surface area contributed by atoms with Gasteiger partial charge in [-0.1, -0.05) is 17.8 Å². The fraction of sp³-hybridized carbons (Fsp3) is 0.188. The van der Waals surface area contributed by atoms with Crippen molar-refractivity contribution >= 4 is 44.5 Å². The number of rotatable bonds is 6. The summed E-state index contributed by atoms with van der Waals surface area (Å²) >= 11 is 1.37. The molecule has 0 bridgehead atoms. The topological polar surface area (TPSA) is 133 Å². The Hall–Kier alpha value is -2.59. The third-order valence-corrected chi connectivity index (χ3v) is 5.73. The number of thioether (sulfide) groups is 1. The number of hydrogen-bond acceptors (Lipinski definition) is 6. The van der Waals surface area contributed by atoms with Crippen molar-refractivity contribution < 1.29 is 28.2 Å². The minimum Gasteiger partial charge on any atom is -0.478 e. The molecule has 0 radical (unpaired) electrons. The van der Waals surface area contributed by atoms with E-state index in [1.165, 1.54) is 23.9 Å². The molecule has 0 aliphatic carbocycles. The number of nitrogens with zero attached hydrogens (tertiary/aromatic N) is 1. The van der Waals surface area contributed by atoms with Crippen molar-refractivity contribution in [3.8, 4) is 0 Å². The Labute approximate surface area is 154 Å². The predicted octanol–water partition coefficient (Wildman–Crippen LogP) is 2.78. The van der Waals surface area contributed by atoms with Gasteiger partial charge in [0.1, 0.15) is 0 Å². The number of benzene rings is 1. The van der Waals surface area contributed by atoms with E-state index in [4.69, 9.17) is 10.2 Å². The van der Waals surface area contributed by atoms with E-state index in [-0.39, 0.29) is 21.7 Å². The smallest absolute Gasteiger partial charge is 0.335 e. The van der Waals surface area contributed by atoms with E-state index in [2.05, 4.69) is 9.71 Å². The number of carboxylic acids is 2. The van der Waals surface area contributed by atoms with Crippen molar-refractivity contribution in [3.05, 3.63) is 51.3 Å². The molecule has 1 heterocycles. The number of aliphatic imine (C=N–C) groups is 1. The molecule has 0 atom stereocenters. The lowest BCUT2D eigenvalue weighted by Crippen LogP contribution is -2.15. The van der Waals surface area contributed by atoms with Crippen molar-refractivity contribution in [2.45, 2.75) is 13.8 Å². The number of nitrogens with one attached hydrogen (secondary N) is 1. The van der Waals surface area contributed by atoms with Crippen LogP contribution in [0, 0.1) is 0 Å². The maximum Gasteiger partial charge on any atom is 0.335 e. The average Bonchev–Trinajstić information content (AvgIpc) is 2.96. The van der Waals surface area contributed by atoms with Crippen LogP contribution in [-0.2, 0) is 10.0 Å². The lowest BCUT2D eigenvalue weighted by Gasteiger charge is -2.11. The van der Waals surface area contributed by atoms with E-state index in [1.54, 1.807) is 6.92 Å². The molecule has 2 rings (SSSR count). The van der Waals surface area contributed by atoms with Crippen LogP contribution in [0.25, 0.3) is 0 Å². The quantitative estimate of drug-likeness (QED) is 0.673. The minimum absolute atomic E-state index is 0.0255. The van der Waals surface area contributed by atoms with E-state index < -0.39 is 22.0 Å². The summed E-state index contributed by atoms with van der Waals surface area (Å²) in [5, 5.41) is 19.0. The molecule has 0 aromatic heterocycles. The Morgan fingerprint density at radius 3 is 2.19 bits per heavy atom. The van der Waals surface area contributed by atoms with E-state index in [9.17, 15) is 18.0 Å². The van der Waals surface area contributed by atoms with Gasteiger partial charge in [0.05, 0.1) is 33.3 Å². The van der Waals surface area contributed by atoms with Gasteiger partial charge in [0.2, 0.25) is 0 Å². The standard InChI is InChI=1S/C16H16N2O6S2/c1-3-14(7-13-8-17-9(2)25-13)26(23,24)18-12-5-10(15(19)20)4-11(6-12)16(21)22/h3-7,18H,8H2,1-2H3,(H,19,20)(H,21,22)/b13-7+,14-3+. The monoisotopic (exact) mass is 396 g/mol. The third kappa shape index (κ3) is 4.73. The molecule has 1 aliphatic rings. The first-order chi connectivity index (χ1) is 12.1. The Balaban J connectivity index is 2.36. The van der Waals surface area contributed by atoms with Gasteiger partial charge < -0.3 is 10.2 Å². The largest absolute Gasteiger partial charge is 0.478 e. The first kappa shape index (κ1) is 19.7. The zero-order chi connectivity index (χ0) is 19.5. The van der Waals surface area contributed by atoms with Crippen LogP contribution in [0.5, 0.6) is 0 Å². The number of allylic oxidation sites excluding steroid dienone is 2. The van der Waals surface area contributed by atoms with Crippen LogP contribution >= 0.6 is 11.8 Å². The molecule has 138 valence electrons. The van der Waals surface area contributed by atoms with Crippen LogP contribution in [0.15, 0.2) is 45.2 Å². The van der Waals surface area contributed by atoms with Crippen LogP contribution in [0.2, 0.25) is 0 Å². The fourth-order valence-corrected chi connectivity index (χ4v) is 4.19. The lowest BCUT2D eigenvalue weighted by molar-refractivity contribution is 0.0696. The predicted molar refractivity (Wildman–Crippen MR) is 100 cm³/mol. The molecule has 1 aromatic carbocycles. The van der Waals surface area contributed by atoms with Crippen molar-refractivity contribution in [2.75, 3.05) is 11.3 Å². The molecule has 1 aliphatic heterocycles. The van der Waals surface area contributed by atoms with E-state index in [0.29, 0.717) is 6.54 Å². The number of hydrogen-bond donors (Lipinski definition) is 3. The molecule has 10 heteroatoms. The van der Waals surface area contributed by atoms with E-state index in [1.807, 2.05) is 6.92 Å². The zero-order valence-electron chi connectivity index (χ0n) is 13.9. The highest BCUT2D eigenvalue weighted by Gasteiger charge is 2.20.